The van der Waals surface area contributed by atoms with Crippen LogP contribution < -0.4 is 0 Å². The quantitative estimate of drug-likeness (QED) is 0.142. The van der Waals surface area contributed by atoms with Crippen LogP contribution in [0.1, 0.15) is 22.3 Å². The molecule has 0 radical (unpaired) electrons. The molecule has 0 atom stereocenters. The summed E-state index contributed by atoms with van der Waals surface area (Å²) < 4.78 is 8.27. The number of hydrogen-bond acceptors (Lipinski definition) is 12. The molecule has 0 N–H and O–H groups in total. The Balaban J connectivity index is 1.19. The van der Waals surface area contributed by atoms with Crippen molar-refractivity contribution < 1.29 is 0 Å². The maximum Gasteiger partial charge on any atom is 0.0717 e. The average molecular weight is 697 g/mol. The maximum atomic E-state index is 4.31. The van der Waals surface area contributed by atoms with E-state index >= 15 is 0 Å². The summed E-state index contributed by atoms with van der Waals surface area (Å²) in [5.74, 6) is 3.64. The smallest absolute Gasteiger partial charge is 0.0717 e. The fraction of sp³-hybridized carbons (Fsp3) is 0.133. The van der Waals surface area contributed by atoms with Gasteiger partial charge in [0.2, 0.25) is 0 Å². The third kappa shape index (κ3) is 8.84. The summed E-state index contributed by atoms with van der Waals surface area (Å²) in [7, 11) is 0. The second kappa shape index (κ2) is 16.1. The fourth-order valence-electron chi connectivity index (χ4n) is 3.59. The van der Waals surface area contributed by atoms with Gasteiger partial charge >= 0.3 is 0 Å². The first kappa shape index (κ1) is 30.6. The molecule has 2 aliphatic rings. The van der Waals surface area contributed by atoms with Gasteiger partial charge in [-0.2, -0.15) is 0 Å². The standard InChI is InChI=1S/C30H24N4S8/c1-5-21(13-31-9-1)17-35-25-26(36-18-22-6-2-10-32-14-22)40-29(39-25)30-41-27(37-19-23-7-3-11-33-15-23)28(42-30)38-20-24-8-4-12-34-16-24/h1-16H,17-20H2. The van der Waals surface area contributed by atoms with E-state index in [0.717, 1.165) is 23.0 Å². The highest BCUT2D eigenvalue weighted by molar-refractivity contribution is 8.44. The van der Waals surface area contributed by atoms with Gasteiger partial charge in [0.15, 0.2) is 0 Å². The minimum absolute atomic E-state index is 0.910. The molecule has 4 aromatic heterocycles. The first-order valence-corrected chi connectivity index (χ1v) is 20.0. The van der Waals surface area contributed by atoms with Gasteiger partial charge in [-0.1, -0.05) is 71.3 Å². The minimum atomic E-state index is 0.910. The van der Waals surface area contributed by atoms with Gasteiger partial charge in [-0.15, -0.1) is 47.0 Å². The normalized spacial score (nSPS) is 15.2. The molecule has 212 valence electrons. The average Bonchev–Trinajstić information content (AvgIpc) is 3.66. The number of pyridine rings is 4. The van der Waals surface area contributed by atoms with Crippen molar-refractivity contribution in [3.8, 4) is 0 Å². The molecule has 2 aliphatic heterocycles. The summed E-state index contributed by atoms with van der Waals surface area (Å²) >= 11 is 15.4. The summed E-state index contributed by atoms with van der Waals surface area (Å²) in [5, 5.41) is 0. The predicted octanol–water partition coefficient (Wildman–Crippen LogP) is 10.6. The molecule has 4 aromatic rings. The number of hydrogen-bond donors (Lipinski definition) is 0. The first-order valence-electron chi connectivity index (χ1n) is 12.8. The second-order valence-electron chi connectivity index (χ2n) is 8.73. The molecular formula is C30H24N4S8. The van der Waals surface area contributed by atoms with Crippen molar-refractivity contribution in [2.45, 2.75) is 23.0 Å². The molecule has 0 unspecified atom stereocenters. The van der Waals surface area contributed by atoms with Crippen LogP contribution in [-0.2, 0) is 23.0 Å². The van der Waals surface area contributed by atoms with Gasteiger partial charge < -0.3 is 0 Å². The highest BCUT2D eigenvalue weighted by Gasteiger charge is 2.31. The van der Waals surface area contributed by atoms with Crippen LogP contribution in [0, 0.1) is 0 Å². The number of nitrogens with zero attached hydrogens (tertiary/aromatic N) is 4. The van der Waals surface area contributed by atoms with Gasteiger partial charge in [-0.05, 0) is 46.5 Å². The third-order valence-electron chi connectivity index (χ3n) is 5.61. The summed E-state index contributed by atoms with van der Waals surface area (Å²) in [4.78, 5) is 17.2. The Morgan fingerprint density at radius 1 is 0.405 bits per heavy atom. The van der Waals surface area contributed by atoms with Gasteiger partial charge in [0.25, 0.3) is 0 Å². The summed E-state index contributed by atoms with van der Waals surface area (Å²) in [6.45, 7) is 0. The van der Waals surface area contributed by atoms with Gasteiger partial charge in [0.1, 0.15) is 0 Å². The second-order valence-corrected chi connectivity index (χ2v) is 18.3. The number of aromatic nitrogens is 4. The largest absolute Gasteiger partial charge is 0.264 e. The molecular weight excluding hydrogens is 673 g/mol. The van der Waals surface area contributed by atoms with Crippen LogP contribution in [0.5, 0.6) is 0 Å². The Kier molecular flexibility index (Phi) is 11.7. The van der Waals surface area contributed by atoms with E-state index in [4.69, 9.17) is 0 Å². The zero-order valence-electron chi connectivity index (χ0n) is 22.1. The van der Waals surface area contributed by atoms with Crippen LogP contribution in [0.15, 0.2) is 124 Å². The van der Waals surface area contributed by atoms with E-state index in [1.165, 1.54) is 47.7 Å². The van der Waals surface area contributed by atoms with Crippen LogP contribution in [-0.4, -0.2) is 19.9 Å². The molecule has 0 aromatic carbocycles. The minimum Gasteiger partial charge on any atom is -0.264 e. The number of thioether (sulfide) groups is 8. The van der Waals surface area contributed by atoms with Gasteiger partial charge in [0, 0.05) is 72.6 Å². The Hall–Kier alpha value is -1.38. The first-order chi connectivity index (χ1) is 20.8. The van der Waals surface area contributed by atoms with Crippen molar-refractivity contribution in [1.29, 1.82) is 0 Å². The van der Waals surface area contributed by atoms with Crippen LogP contribution in [0.4, 0.5) is 0 Å². The van der Waals surface area contributed by atoms with E-state index in [2.05, 4.69) is 44.2 Å². The third-order valence-corrected chi connectivity index (χ3v) is 17.5. The SMILES string of the molecule is c1cncc(CSC2=C(SCc3cccnc3)SC(=C3SC(SCc4cccnc4)=C(SCc4cccnc4)S3)S2)c1. The Labute approximate surface area is 280 Å². The van der Waals surface area contributed by atoms with Gasteiger partial charge in [-0.3, -0.25) is 19.9 Å². The van der Waals surface area contributed by atoms with Gasteiger partial charge in [-0.25, -0.2) is 0 Å². The topological polar surface area (TPSA) is 51.6 Å². The Morgan fingerprint density at radius 3 is 0.881 bits per heavy atom. The van der Waals surface area contributed by atoms with Crippen LogP contribution in [0.2, 0.25) is 0 Å². The van der Waals surface area contributed by atoms with Gasteiger partial charge in [0.05, 0.1) is 25.4 Å². The van der Waals surface area contributed by atoms with Crippen molar-refractivity contribution >= 4 is 94.1 Å². The Bertz CT molecular complexity index is 1330. The zero-order chi connectivity index (χ0) is 28.4. The molecule has 0 saturated carbocycles. The molecule has 0 aliphatic carbocycles. The molecule has 0 amide bonds. The molecule has 6 rings (SSSR count). The van der Waals surface area contributed by atoms with E-state index < -0.39 is 0 Å². The summed E-state index contributed by atoms with van der Waals surface area (Å²) in [5.41, 5.74) is 4.97. The molecule has 4 nitrogen and oxygen atoms in total. The predicted molar refractivity (Wildman–Crippen MR) is 194 cm³/mol. The molecule has 0 fully saturated rings. The van der Waals surface area contributed by atoms with E-state index in [1.54, 1.807) is 0 Å². The molecule has 12 heteroatoms. The van der Waals surface area contributed by atoms with Crippen molar-refractivity contribution in [3.05, 3.63) is 146 Å². The van der Waals surface area contributed by atoms with Crippen LogP contribution in [0.25, 0.3) is 0 Å². The monoisotopic (exact) mass is 696 g/mol. The molecule has 0 spiro atoms. The summed E-state index contributed by atoms with van der Waals surface area (Å²) in [6, 6.07) is 16.7. The highest BCUT2D eigenvalue weighted by atomic mass is 32.3. The summed E-state index contributed by atoms with van der Waals surface area (Å²) in [6.07, 6.45) is 15.2. The highest BCUT2D eigenvalue weighted by Crippen LogP contribution is 2.66. The Morgan fingerprint density at radius 2 is 0.667 bits per heavy atom. The molecule has 6 heterocycles. The lowest BCUT2D eigenvalue weighted by molar-refractivity contribution is 1.25. The van der Waals surface area contributed by atoms with Crippen molar-refractivity contribution in [2.75, 3.05) is 0 Å². The molecule has 0 bridgehead atoms. The van der Waals surface area contributed by atoms with E-state index in [9.17, 15) is 0 Å². The lowest BCUT2D eigenvalue weighted by Gasteiger charge is -2.05. The van der Waals surface area contributed by atoms with E-state index in [1.807, 2.05) is 168 Å². The van der Waals surface area contributed by atoms with E-state index in [0.29, 0.717) is 0 Å². The van der Waals surface area contributed by atoms with Crippen LogP contribution in [0.3, 0.4) is 0 Å². The lowest BCUT2D eigenvalue weighted by Crippen LogP contribution is -1.83. The van der Waals surface area contributed by atoms with Crippen LogP contribution >= 0.6 is 94.1 Å². The van der Waals surface area contributed by atoms with Crippen molar-refractivity contribution in [1.82, 2.24) is 19.9 Å². The zero-order valence-corrected chi connectivity index (χ0v) is 28.7. The lowest BCUT2D eigenvalue weighted by atomic mass is 10.3. The fourth-order valence-corrected chi connectivity index (χ4v) is 15.3. The number of rotatable bonds is 12. The molecule has 42 heavy (non-hydrogen) atoms. The molecule has 0 saturated heterocycles. The van der Waals surface area contributed by atoms with Crippen molar-refractivity contribution in [3.63, 3.8) is 0 Å². The van der Waals surface area contributed by atoms with Crippen molar-refractivity contribution in [2.24, 2.45) is 0 Å². The maximum absolute atomic E-state index is 4.31. The van der Waals surface area contributed by atoms with E-state index in [-0.39, 0.29) is 0 Å².